The van der Waals surface area contributed by atoms with Gasteiger partial charge in [0, 0.05) is 13.1 Å². The molecule has 0 atom stereocenters. The van der Waals surface area contributed by atoms with E-state index >= 15 is 0 Å². The Morgan fingerprint density at radius 1 is 1.06 bits per heavy atom. The van der Waals surface area contributed by atoms with Crippen LogP contribution in [0.4, 0.5) is 5.82 Å². The third-order valence-corrected chi connectivity index (χ3v) is 3.66. The van der Waals surface area contributed by atoms with Gasteiger partial charge in [0.05, 0.1) is 11.6 Å². The number of nitrogens with zero attached hydrogens (tertiary/aromatic N) is 2. The van der Waals surface area contributed by atoms with E-state index < -0.39 is 0 Å². The van der Waals surface area contributed by atoms with Crippen molar-refractivity contribution in [3.63, 3.8) is 0 Å². The lowest BCUT2D eigenvalue weighted by Crippen LogP contribution is -2.31. The van der Waals surface area contributed by atoms with Gasteiger partial charge >= 0.3 is 0 Å². The third kappa shape index (κ3) is 2.21. The molecule has 3 heteroatoms. The Morgan fingerprint density at radius 2 is 1.89 bits per heavy atom. The number of anilines is 1. The number of pyridine rings is 1. The SMILES string of the molecule is ClCc1cccc(N2CCc3ccccc3C2)n1. The van der Waals surface area contributed by atoms with Gasteiger partial charge in [-0.1, -0.05) is 30.3 Å². The minimum Gasteiger partial charge on any atom is -0.352 e. The number of aromatic nitrogens is 1. The standard InChI is InChI=1S/C15H15ClN2/c16-10-14-6-3-7-15(17-14)18-9-8-12-4-1-2-5-13(12)11-18/h1-7H,8-11H2. The van der Waals surface area contributed by atoms with E-state index in [1.807, 2.05) is 12.1 Å². The summed E-state index contributed by atoms with van der Waals surface area (Å²) in [7, 11) is 0. The van der Waals surface area contributed by atoms with E-state index in [-0.39, 0.29) is 0 Å². The van der Waals surface area contributed by atoms with Gasteiger partial charge in [-0.2, -0.15) is 0 Å². The summed E-state index contributed by atoms with van der Waals surface area (Å²) in [5, 5.41) is 0. The maximum absolute atomic E-state index is 5.84. The summed E-state index contributed by atoms with van der Waals surface area (Å²) in [6, 6.07) is 14.7. The van der Waals surface area contributed by atoms with E-state index in [1.54, 1.807) is 0 Å². The third-order valence-electron chi connectivity index (χ3n) is 3.38. The first-order chi connectivity index (χ1) is 8.86. The van der Waals surface area contributed by atoms with Crippen LogP contribution in [0.25, 0.3) is 0 Å². The second-order valence-corrected chi connectivity index (χ2v) is 4.83. The van der Waals surface area contributed by atoms with Crippen LogP contribution in [0.3, 0.4) is 0 Å². The largest absolute Gasteiger partial charge is 0.352 e. The Hall–Kier alpha value is -1.54. The molecule has 18 heavy (non-hydrogen) atoms. The van der Waals surface area contributed by atoms with Gasteiger partial charge in [0.1, 0.15) is 5.82 Å². The van der Waals surface area contributed by atoms with Crippen LogP contribution in [0.15, 0.2) is 42.5 Å². The van der Waals surface area contributed by atoms with Gasteiger partial charge in [-0.05, 0) is 29.7 Å². The lowest BCUT2D eigenvalue weighted by atomic mass is 10.00. The second kappa shape index (κ2) is 4.99. The molecule has 92 valence electrons. The van der Waals surface area contributed by atoms with Gasteiger partial charge in [-0.15, -0.1) is 11.6 Å². The Morgan fingerprint density at radius 3 is 2.72 bits per heavy atom. The predicted molar refractivity (Wildman–Crippen MR) is 75.0 cm³/mol. The van der Waals surface area contributed by atoms with Crippen molar-refractivity contribution in [3.8, 4) is 0 Å². The first kappa shape index (κ1) is 11.5. The summed E-state index contributed by atoms with van der Waals surface area (Å²) in [5.74, 6) is 1.50. The molecule has 0 spiro atoms. The molecule has 1 aromatic heterocycles. The van der Waals surface area contributed by atoms with Crippen LogP contribution in [0, 0.1) is 0 Å². The van der Waals surface area contributed by atoms with Gasteiger partial charge in [0.2, 0.25) is 0 Å². The molecule has 2 aromatic rings. The highest BCUT2D eigenvalue weighted by Gasteiger charge is 2.16. The van der Waals surface area contributed by atoms with E-state index in [2.05, 4.69) is 40.2 Å². The number of alkyl halides is 1. The highest BCUT2D eigenvalue weighted by atomic mass is 35.5. The Bertz CT molecular complexity index is 554. The molecule has 0 aliphatic carbocycles. The van der Waals surface area contributed by atoms with Gasteiger partial charge in [0.25, 0.3) is 0 Å². The summed E-state index contributed by atoms with van der Waals surface area (Å²) >= 11 is 5.84. The molecule has 0 saturated carbocycles. The fourth-order valence-electron chi connectivity index (χ4n) is 2.41. The molecule has 0 radical (unpaired) electrons. The lowest BCUT2D eigenvalue weighted by molar-refractivity contribution is 0.719. The molecule has 0 saturated heterocycles. The van der Waals surface area contributed by atoms with Crippen molar-refractivity contribution >= 4 is 17.4 Å². The van der Waals surface area contributed by atoms with Crippen molar-refractivity contribution < 1.29 is 0 Å². The Balaban J connectivity index is 1.87. The first-order valence-corrected chi connectivity index (χ1v) is 6.74. The molecule has 0 unspecified atom stereocenters. The number of hydrogen-bond acceptors (Lipinski definition) is 2. The molecule has 1 aliphatic heterocycles. The predicted octanol–water partition coefficient (Wildman–Crippen LogP) is 3.38. The van der Waals surface area contributed by atoms with Gasteiger partial charge in [-0.3, -0.25) is 0 Å². The van der Waals surface area contributed by atoms with Crippen molar-refractivity contribution in [2.75, 3.05) is 11.4 Å². The molecule has 1 aromatic carbocycles. The average Bonchev–Trinajstić information content (AvgIpc) is 2.47. The maximum Gasteiger partial charge on any atom is 0.129 e. The van der Waals surface area contributed by atoms with Crippen molar-refractivity contribution in [2.24, 2.45) is 0 Å². The number of fused-ring (bicyclic) bond motifs is 1. The molecule has 2 nitrogen and oxygen atoms in total. The van der Waals surface area contributed by atoms with Crippen LogP contribution in [-0.4, -0.2) is 11.5 Å². The summed E-state index contributed by atoms with van der Waals surface area (Å²) in [6.45, 7) is 1.96. The van der Waals surface area contributed by atoms with E-state index in [0.717, 1.165) is 31.0 Å². The molecule has 0 bridgehead atoms. The molecule has 1 aliphatic rings. The highest BCUT2D eigenvalue weighted by Crippen LogP contribution is 2.23. The van der Waals surface area contributed by atoms with E-state index in [4.69, 9.17) is 11.6 Å². The van der Waals surface area contributed by atoms with Crippen LogP contribution < -0.4 is 4.90 Å². The molecule has 0 fully saturated rings. The lowest BCUT2D eigenvalue weighted by Gasteiger charge is -2.29. The smallest absolute Gasteiger partial charge is 0.129 e. The van der Waals surface area contributed by atoms with E-state index in [0.29, 0.717) is 5.88 Å². The summed E-state index contributed by atoms with van der Waals surface area (Å²) < 4.78 is 0. The number of benzene rings is 1. The van der Waals surface area contributed by atoms with Crippen LogP contribution in [0.1, 0.15) is 16.8 Å². The zero-order chi connectivity index (χ0) is 12.4. The second-order valence-electron chi connectivity index (χ2n) is 4.56. The number of rotatable bonds is 2. The molecular formula is C15H15ClN2. The van der Waals surface area contributed by atoms with Crippen molar-refractivity contribution in [2.45, 2.75) is 18.8 Å². The molecule has 0 amide bonds. The maximum atomic E-state index is 5.84. The molecule has 0 N–H and O–H groups in total. The monoisotopic (exact) mass is 258 g/mol. The number of hydrogen-bond donors (Lipinski definition) is 0. The normalized spacial score (nSPS) is 14.4. The minimum absolute atomic E-state index is 0.471. The first-order valence-electron chi connectivity index (χ1n) is 6.20. The van der Waals surface area contributed by atoms with Crippen LogP contribution in [-0.2, 0) is 18.8 Å². The molecule has 2 heterocycles. The summed E-state index contributed by atoms with van der Waals surface area (Å²) in [4.78, 5) is 6.90. The van der Waals surface area contributed by atoms with Gasteiger partial charge < -0.3 is 4.90 Å². The van der Waals surface area contributed by atoms with Gasteiger partial charge in [0.15, 0.2) is 0 Å². The fraction of sp³-hybridized carbons (Fsp3) is 0.267. The van der Waals surface area contributed by atoms with Crippen LogP contribution >= 0.6 is 11.6 Å². The quantitative estimate of drug-likeness (QED) is 0.768. The van der Waals surface area contributed by atoms with Crippen molar-refractivity contribution in [3.05, 3.63) is 59.3 Å². The van der Waals surface area contributed by atoms with Crippen molar-refractivity contribution in [1.82, 2.24) is 4.98 Å². The van der Waals surface area contributed by atoms with E-state index in [9.17, 15) is 0 Å². The Kier molecular flexibility index (Phi) is 3.20. The fourth-order valence-corrected chi connectivity index (χ4v) is 2.56. The zero-order valence-corrected chi connectivity index (χ0v) is 10.9. The summed E-state index contributed by atoms with van der Waals surface area (Å²) in [6.07, 6.45) is 1.09. The van der Waals surface area contributed by atoms with Crippen LogP contribution in [0.2, 0.25) is 0 Å². The topological polar surface area (TPSA) is 16.1 Å². The van der Waals surface area contributed by atoms with Crippen molar-refractivity contribution in [1.29, 1.82) is 0 Å². The average molecular weight is 259 g/mol. The molecular weight excluding hydrogens is 244 g/mol. The Labute approximate surface area is 112 Å². The zero-order valence-electron chi connectivity index (χ0n) is 10.1. The molecule has 3 rings (SSSR count). The highest BCUT2D eigenvalue weighted by molar-refractivity contribution is 6.16. The van der Waals surface area contributed by atoms with Crippen LogP contribution in [0.5, 0.6) is 0 Å². The number of halogens is 1. The van der Waals surface area contributed by atoms with Gasteiger partial charge in [-0.25, -0.2) is 4.98 Å². The summed E-state index contributed by atoms with van der Waals surface area (Å²) in [5.41, 5.74) is 3.80. The van der Waals surface area contributed by atoms with E-state index in [1.165, 1.54) is 11.1 Å². The minimum atomic E-state index is 0.471.